The standard InChI is InChI=1S/C21H22N2.2ClH/c1-14-12-17(8-10-19(14)22)21(16-6-4-3-5-7-16)18-9-11-20(23)15(2)13-18;;/h3-13,21H,22-23H2,1-2H3;2*1H. The van der Waals surface area contributed by atoms with Crippen molar-refractivity contribution in [1.82, 2.24) is 0 Å². The molecule has 3 rings (SSSR count). The summed E-state index contributed by atoms with van der Waals surface area (Å²) >= 11 is 0. The molecule has 0 fully saturated rings. The van der Waals surface area contributed by atoms with Crippen molar-refractivity contribution in [3.63, 3.8) is 0 Å². The van der Waals surface area contributed by atoms with E-state index in [0.717, 1.165) is 22.5 Å². The molecule has 0 aliphatic rings. The number of anilines is 2. The molecule has 0 atom stereocenters. The van der Waals surface area contributed by atoms with Crippen LogP contribution in [0.15, 0.2) is 66.7 Å². The van der Waals surface area contributed by atoms with Crippen LogP contribution in [0, 0.1) is 13.8 Å². The minimum Gasteiger partial charge on any atom is -0.399 e. The Hall–Kier alpha value is -2.16. The first-order chi connectivity index (χ1) is 11.1. The van der Waals surface area contributed by atoms with Crippen LogP contribution in [-0.2, 0) is 0 Å². The van der Waals surface area contributed by atoms with E-state index in [1.54, 1.807) is 0 Å². The topological polar surface area (TPSA) is 52.0 Å². The van der Waals surface area contributed by atoms with Crippen LogP contribution >= 0.6 is 24.8 Å². The second-order valence-electron chi connectivity index (χ2n) is 6.08. The predicted octanol–water partition coefficient (Wildman–Crippen LogP) is 5.49. The normalized spacial score (nSPS) is 10.0. The zero-order chi connectivity index (χ0) is 16.4. The van der Waals surface area contributed by atoms with Crippen molar-refractivity contribution < 1.29 is 0 Å². The maximum absolute atomic E-state index is 5.99. The van der Waals surface area contributed by atoms with Gasteiger partial charge in [0, 0.05) is 17.3 Å². The Bertz CT molecular complexity index is 781. The van der Waals surface area contributed by atoms with E-state index in [4.69, 9.17) is 11.5 Å². The van der Waals surface area contributed by atoms with Gasteiger partial charge in [0.1, 0.15) is 0 Å². The maximum atomic E-state index is 5.99. The molecule has 0 aliphatic heterocycles. The van der Waals surface area contributed by atoms with Gasteiger partial charge in [0.15, 0.2) is 0 Å². The average Bonchev–Trinajstić information content (AvgIpc) is 2.55. The van der Waals surface area contributed by atoms with Gasteiger partial charge >= 0.3 is 0 Å². The monoisotopic (exact) mass is 374 g/mol. The average molecular weight is 375 g/mol. The van der Waals surface area contributed by atoms with E-state index in [1.165, 1.54) is 16.7 Å². The lowest BCUT2D eigenvalue weighted by atomic mass is 9.84. The molecule has 0 amide bonds. The highest BCUT2D eigenvalue weighted by molar-refractivity contribution is 5.85. The van der Waals surface area contributed by atoms with E-state index < -0.39 is 0 Å². The molecule has 25 heavy (non-hydrogen) atoms. The summed E-state index contributed by atoms with van der Waals surface area (Å²) in [6.07, 6.45) is 0. The van der Waals surface area contributed by atoms with Gasteiger partial charge in [-0.1, -0.05) is 54.6 Å². The summed E-state index contributed by atoms with van der Waals surface area (Å²) in [5.74, 6) is 0.176. The fraction of sp³-hybridized carbons (Fsp3) is 0.143. The van der Waals surface area contributed by atoms with Crippen LogP contribution in [-0.4, -0.2) is 0 Å². The summed E-state index contributed by atoms with van der Waals surface area (Å²) in [6.45, 7) is 4.10. The van der Waals surface area contributed by atoms with Crippen molar-refractivity contribution in [2.24, 2.45) is 0 Å². The minimum atomic E-state index is 0. The third kappa shape index (κ3) is 4.47. The Kier molecular flexibility index (Phi) is 7.35. The lowest BCUT2D eigenvalue weighted by molar-refractivity contribution is 0.972. The fourth-order valence-electron chi connectivity index (χ4n) is 2.98. The first-order valence-corrected chi connectivity index (χ1v) is 7.83. The molecule has 2 nitrogen and oxygen atoms in total. The molecule has 0 bridgehead atoms. The first kappa shape index (κ1) is 20.9. The quantitative estimate of drug-likeness (QED) is 0.470. The fourth-order valence-corrected chi connectivity index (χ4v) is 2.98. The van der Waals surface area contributed by atoms with E-state index in [-0.39, 0.29) is 30.7 Å². The smallest absolute Gasteiger partial charge is 0.0343 e. The number of benzene rings is 3. The molecular formula is C21H24Cl2N2. The van der Waals surface area contributed by atoms with Crippen LogP contribution in [0.5, 0.6) is 0 Å². The summed E-state index contributed by atoms with van der Waals surface area (Å²) < 4.78 is 0. The van der Waals surface area contributed by atoms with Crippen molar-refractivity contribution >= 4 is 36.2 Å². The summed E-state index contributed by atoms with van der Waals surface area (Å²) in [6, 6.07) is 23.1. The van der Waals surface area contributed by atoms with Crippen LogP contribution in [0.1, 0.15) is 33.7 Å². The van der Waals surface area contributed by atoms with Crippen LogP contribution in [0.3, 0.4) is 0 Å². The summed E-state index contributed by atoms with van der Waals surface area (Å²) in [5, 5.41) is 0. The summed E-state index contributed by atoms with van der Waals surface area (Å²) in [4.78, 5) is 0. The lowest BCUT2D eigenvalue weighted by Crippen LogP contribution is -2.05. The highest BCUT2D eigenvalue weighted by Crippen LogP contribution is 2.34. The van der Waals surface area contributed by atoms with E-state index in [2.05, 4.69) is 62.4 Å². The molecule has 0 aliphatic carbocycles. The van der Waals surface area contributed by atoms with E-state index >= 15 is 0 Å². The third-order valence-corrected chi connectivity index (χ3v) is 4.39. The number of rotatable bonds is 3. The second kappa shape index (κ2) is 8.80. The Labute approximate surface area is 162 Å². The second-order valence-corrected chi connectivity index (χ2v) is 6.08. The molecular weight excluding hydrogens is 351 g/mol. The Morgan fingerprint density at radius 3 is 1.44 bits per heavy atom. The molecule has 0 saturated carbocycles. The maximum Gasteiger partial charge on any atom is 0.0343 e. The van der Waals surface area contributed by atoms with Crippen molar-refractivity contribution in [1.29, 1.82) is 0 Å². The SMILES string of the molecule is Cc1cc(C(c2ccccc2)c2ccc(N)c(C)c2)ccc1N.Cl.Cl. The van der Waals surface area contributed by atoms with E-state index in [1.807, 2.05) is 18.2 Å². The number of hydrogen-bond donors (Lipinski definition) is 2. The lowest BCUT2D eigenvalue weighted by Gasteiger charge is -2.20. The van der Waals surface area contributed by atoms with Crippen molar-refractivity contribution in [2.45, 2.75) is 19.8 Å². The van der Waals surface area contributed by atoms with Crippen LogP contribution < -0.4 is 11.5 Å². The van der Waals surface area contributed by atoms with Gasteiger partial charge in [0.25, 0.3) is 0 Å². The van der Waals surface area contributed by atoms with Gasteiger partial charge < -0.3 is 11.5 Å². The van der Waals surface area contributed by atoms with Crippen molar-refractivity contribution in [3.8, 4) is 0 Å². The van der Waals surface area contributed by atoms with Gasteiger partial charge in [0.05, 0.1) is 0 Å². The highest BCUT2D eigenvalue weighted by Gasteiger charge is 2.17. The Morgan fingerprint density at radius 1 is 0.600 bits per heavy atom. The molecule has 132 valence electrons. The van der Waals surface area contributed by atoms with Crippen LogP contribution in [0.4, 0.5) is 11.4 Å². The van der Waals surface area contributed by atoms with Gasteiger partial charge in [0.2, 0.25) is 0 Å². The Balaban J connectivity index is 0.00000156. The molecule has 0 saturated heterocycles. The largest absolute Gasteiger partial charge is 0.399 e. The van der Waals surface area contributed by atoms with Crippen molar-refractivity contribution in [3.05, 3.63) is 94.5 Å². The zero-order valence-corrected chi connectivity index (χ0v) is 16.0. The zero-order valence-electron chi connectivity index (χ0n) is 14.4. The molecule has 3 aromatic rings. The van der Waals surface area contributed by atoms with Gasteiger partial charge in [-0.15, -0.1) is 24.8 Å². The van der Waals surface area contributed by atoms with E-state index in [9.17, 15) is 0 Å². The molecule has 0 aromatic heterocycles. The Morgan fingerprint density at radius 2 is 1.04 bits per heavy atom. The molecule has 4 N–H and O–H groups in total. The number of hydrogen-bond acceptors (Lipinski definition) is 2. The van der Waals surface area contributed by atoms with Gasteiger partial charge in [-0.3, -0.25) is 0 Å². The predicted molar refractivity (Wildman–Crippen MR) is 113 cm³/mol. The molecule has 0 unspecified atom stereocenters. The molecule has 0 heterocycles. The first-order valence-electron chi connectivity index (χ1n) is 7.83. The van der Waals surface area contributed by atoms with Gasteiger partial charge in [-0.2, -0.15) is 0 Å². The van der Waals surface area contributed by atoms with Gasteiger partial charge in [-0.05, 0) is 53.8 Å². The number of nitrogens with two attached hydrogens (primary N) is 2. The van der Waals surface area contributed by atoms with Crippen LogP contribution in [0.2, 0.25) is 0 Å². The number of nitrogen functional groups attached to an aromatic ring is 2. The molecule has 4 heteroatoms. The number of aryl methyl sites for hydroxylation is 2. The third-order valence-electron chi connectivity index (χ3n) is 4.39. The summed E-state index contributed by atoms with van der Waals surface area (Å²) in [5.41, 5.74) is 19.6. The van der Waals surface area contributed by atoms with E-state index in [0.29, 0.717) is 0 Å². The minimum absolute atomic E-state index is 0. The van der Waals surface area contributed by atoms with Crippen molar-refractivity contribution in [2.75, 3.05) is 11.5 Å². The molecule has 0 spiro atoms. The van der Waals surface area contributed by atoms with Gasteiger partial charge in [-0.25, -0.2) is 0 Å². The number of halogens is 2. The highest BCUT2D eigenvalue weighted by atomic mass is 35.5. The summed E-state index contributed by atoms with van der Waals surface area (Å²) in [7, 11) is 0. The molecule has 3 aromatic carbocycles. The molecule has 0 radical (unpaired) electrons. The van der Waals surface area contributed by atoms with Crippen LogP contribution in [0.25, 0.3) is 0 Å².